The Morgan fingerprint density at radius 3 is 2.58 bits per heavy atom. The summed E-state index contributed by atoms with van der Waals surface area (Å²) in [6, 6.07) is 9.75. The molecule has 2 aliphatic rings. The predicted molar refractivity (Wildman–Crippen MR) is 94.9 cm³/mol. The van der Waals surface area contributed by atoms with Crippen molar-refractivity contribution in [1.29, 1.82) is 0 Å². The van der Waals surface area contributed by atoms with E-state index < -0.39 is 0 Å². The molecule has 24 heavy (non-hydrogen) atoms. The highest BCUT2D eigenvalue weighted by Crippen LogP contribution is 2.45. The first-order valence-electron chi connectivity index (χ1n) is 8.37. The molecular weight excluding hydrogens is 300 g/mol. The van der Waals surface area contributed by atoms with E-state index in [1.165, 1.54) is 0 Å². The Morgan fingerprint density at radius 2 is 1.88 bits per heavy atom. The number of benzene rings is 1. The van der Waals surface area contributed by atoms with Gasteiger partial charge in [0.05, 0.1) is 17.6 Å². The summed E-state index contributed by atoms with van der Waals surface area (Å²) >= 11 is 0. The van der Waals surface area contributed by atoms with Crippen molar-refractivity contribution in [3.05, 3.63) is 59.2 Å². The molecule has 1 aromatic carbocycles. The SMILES string of the molecule is Cc1ccoc1[C@H]1Nc2ccccc2NC2=C1C(=O)CC(C)(C)C2. The van der Waals surface area contributed by atoms with Crippen LogP contribution in [0.25, 0.3) is 0 Å². The number of allylic oxidation sites excluding steroid dienone is 1. The number of para-hydroxylation sites is 2. The molecular formula is C20H22N2O2. The summed E-state index contributed by atoms with van der Waals surface area (Å²) in [6.45, 7) is 6.31. The van der Waals surface area contributed by atoms with Crippen molar-refractivity contribution >= 4 is 17.2 Å². The molecule has 1 aromatic heterocycles. The van der Waals surface area contributed by atoms with Crippen LogP contribution in [-0.4, -0.2) is 5.78 Å². The van der Waals surface area contributed by atoms with Crippen LogP contribution in [-0.2, 0) is 4.79 Å². The maximum absolute atomic E-state index is 13.0. The molecule has 2 N–H and O–H groups in total. The number of hydrogen-bond donors (Lipinski definition) is 2. The van der Waals surface area contributed by atoms with Gasteiger partial charge >= 0.3 is 0 Å². The van der Waals surface area contributed by atoms with Gasteiger partial charge in [-0.3, -0.25) is 4.79 Å². The second-order valence-corrected chi connectivity index (χ2v) is 7.55. The second kappa shape index (κ2) is 5.26. The Morgan fingerprint density at radius 1 is 1.12 bits per heavy atom. The summed E-state index contributed by atoms with van der Waals surface area (Å²) < 4.78 is 5.75. The van der Waals surface area contributed by atoms with Gasteiger partial charge in [0.25, 0.3) is 0 Å². The molecule has 0 amide bonds. The van der Waals surface area contributed by atoms with Crippen LogP contribution in [0.1, 0.15) is 44.1 Å². The molecule has 0 spiro atoms. The van der Waals surface area contributed by atoms with Crippen molar-refractivity contribution in [3.63, 3.8) is 0 Å². The number of carbonyl (C=O) groups is 1. The summed E-state index contributed by atoms with van der Waals surface area (Å²) in [6.07, 6.45) is 3.09. The first kappa shape index (κ1) is 15.1. The lowest BCUT2D eigenvalue weighted by Crippen LogP contribution is -2.31. The second-order valence-electron chi connectivity index (χ2n) is 7.55. The summed E-state index contributed by atoms with van der Waals surface area (Å²) in [5, 5.41) is 7.04. The Labute approximate surface area is 141 Å². The lowest BCUT2D eigenvalue weighted by atomic mass is 9.74. The first-order valence-corrected chi connectivity index (χ1v) is 8.37. The van der Waals surface area contributed by atoms with E-state index in [9.17, 15) is 4.79 Å². The first-order chi connectivity index (χ1) is 11.4. The molecule has 1 aliphatic carbocycles. The minimum atomic E-state index is -0.255. The Bertz CT molecular complexity index is 845. The van der Waals surface area contributed by atoms with Crippen molar-refractivity contribution in [2.24, 2.45) is 5.41 Å². The van der Waals surface area contributed by atoms with Gasteiger partial charge < -0.3 is 15.1 Å². The molecule has 2 aromatic rings. The number of hydrogen-bond acceptors (Lipinski definition) is 4. The van der Waals surface area contributed by atoms with Crippen molar-refractivity contribution in [2.75, 3.05) is 10.6 Å². The summed E-state index contributed by atoms with van der Waals surface area (Å²) in [4.78, 5) is 13.0. The number of carbonyl (C=O) groups excluding carboxylic acids is 1. The van der Waals surface area contributed by atoms with Gasteiger partial charge in [0.2, 0.25) is 0 Å². The highest BCUT2D eigenvalue weighted by atomic mass is 16.3. The molecule has 4 heteroatoms. The van der Waals surface area contributed by atoms with Gasteiger partial charge in [-0.2, -0.15) is 0 Å². The van der Waals surface area contributed by atoms with E-state index in [4.69, 9.17) is 4.42 Å². The zero-order chi connectivity index (χ0) is 16.9. The number of rotatable bonds is 1. The lowest BCUT2D eigenvalue weighted by Gasteiger charge is -2.33. The number of furan rings is 1. The minimum Gasteiger partial charge on any atom is -0.466 e. The number of Topliss-reactive ketones (excluding diaryl/α,β-unsaturated/α-hetero) is 1. The largest absolute Gasteiger partial charge is 0.466 e. The van der Waals surface area contributed by atoms with Gasteiger partial charge in [-0.1, -0.05) is 26.0 Å². The van der Waals surface area contributed by atoms with Crippen molar-refractivity contribution in [1.82, 2.24) is 0 Å². The summed E-state index contributed by atoms with van der Waals surface area (Å²) in [7, 11) is 0. The van der Waals surface area contributed by atoms with Crippen LogP contribution in [0.4, 0.5) is 11.4 Å². The molecule has 0 fully saturated rings. The van der Waals surface area contributed by atoms with Gasteiger partial charge in [0.1, 0.15) is 11.8 Å². The zero-order valence-corrected chi connectivity index (χ0v) is 14.3. The number of ketones is 1. The average Bonchev–Trinajstić information content (AvgIpc) is 2.85. The van der Waals surface area contributed by atoms with E-state index in [1.54, 1.807) is 6.26 Å². The fraction of sp³-hybridized carbons (Fsp3) is 0.350. The van der Waals surface area contributed by atoms with Crippen molar-refractivity contribution < 1.29 is 9.21 Å². The van der Waals surface area contributed by atoms with E-state index in [1.807, 2.05) is 37.3 Å². The lowest BCUT2D eigenvalue weighted by molar-refractivity contribution is -0.118. The van der Waals surface area contributed by atoms with Crippen LogP contribution in [0, 0.1) is 12.3 Å². The van der Waals surface area contributed by atoms with Crippen LogP contribution < -0.4 is 10.6 Å². The van der Waals surface area contributed by atoms with Gasteiger partial charge in [-0.05, 0) is 42.5 Å². The van der Waals surface area contributed by atoms with Gasteiger partial charge in [0.15, 0.2) is 5.78 Å². The molecule has 1 aliphatic heterocycles. The monoisotopic (exact) mass is 322 g/mol. The number of nitrogens with one attached hydrogen (secondary N) is 2. The molecule has 4 rings (SSSR count). The van der Waals surface area contributed by atoms with Crippen LogP contribution >= 0.6 is 0 Å². The van der Waals surface area contributed by atoms with Crippen molar-refractivity contribution in [3.8, 4) is 0 Å². The average molecular weight is 322 g/mol. The van der Waals surface area contributed by atoms with Crippen LogP contribution in [0.3, 0.4) is 0 Å². The van der Waals surface area contributed by atoms with E-state index in [0.29, 0.717) is 6.42 Å². The van der Waals surface area contributed by atoms with Crippen LogP contribution in [0.5, 0.6) is 0 Å². The molecule has 0 unspecified atom stereocenters. The van der Waals surface area contributed by atoms with Gasteiger partial charge in [-0.15, -0.1) is 0 Å². The fourth-order valence-electron chi connectivity index (χ4n) is 3.77. The standard InChI is InChI=1S/C20H22N2O2/c1-12-8-9-24-19(12)18-17-15(10-20(2,3)11-16(17)23)21-13-6-4-5-7-14(13)22-18/h4-9,18,21-22H,10-11H2,1-3H3/t18-/m0/s1. The van der Waals surface area contributed by atoms with Gasteiger partial charge in [0, 0.05) is 17.7 Å². The molecule has 2 heterocycles. The normalized spacial score (nSPS) is 22.1. The molecule has 0 radical (unpaired) electrons. The smallest absolute Gasteiger partial charge is 0.163 e. The third kappa shape index (κ3) is 2.42. The highest BCUT2D eigenvalue weighted by molar-refractivity contribution is 6.01. The van der Waals surface area contributed by atoms with E-state index >= 15 is 0 Å². The summed E-state index contributed by atoms with van der Waals surface area (Å²) in [5.41, 5.74) is 4.82. The Hall–Kier alpha value is -2.49. The van der Waals surface area contributed by atoms with Gasteiger partial charge in [-0.25, -0.2) is 0 Å². The minimum absolute atomic E-state index is 0.0367. The van der Waals surface area contributed by atoms with Crippen molar-refractivity contribution in [2.45, 2.75) is 39.7 Å². The number of fused-ring (bicyclic) bond motifs is 1. The topological polar surface area (TPSA) is 54.3 Å². The molecule has 124 valence electrons. The van der Waals surface area contributed by atoms with Crippen LogP contribution in [0.15, 0.2) is 52.3 Å². The van der Waals surface area contributed by atoms with E-state index in [2.05, 4.69) is 24.5 Å². The fourth-order valence-corrected chi connectivity index (χ4v) is 3.77. The zero-order valence-electron chi connectivity index (χ0n) is 14.3. The molecule has 1 atom stereocenters. The van der Waals surface area contributed by atoms with Crippen LogP contribution in [0.2, 0.25) is 0 Å². The Kier molecular flexibility index (Phi) is 3.30. The quantitative estimate of drug-likeness (QED) is 0.791. The third-order valence-corrected chi connectivity index (χ3v) is 4.89. The van der Waals surface area contributed by atoms with E-state index in [0.717, 1.165) is 40.4 Å². The molecule has 0 bridgehead atoms. The molecule has 0 saturated heterocycles. The maximum Gasteiger partial charge on any atom is 0.163 e. The predicted octanol–water partition coefficient (Wildman–Crippen LogP) is 4.81. The van der Waals surface area contributed by atoms with E-state index in [-0.39, 0.29) is 17.2 Å². The molecule has 4 nitrogen and oxygen atoms in total. The highest BCUT2D eigenvalue weighted by Gasteiger charge is 2.39. The number of aryl methyl sites for hydroxylation is 1. The summed E-state index contributed by atoms with van der Waals surface area (Å²) in [5.74, 6) is 1.00. The number of anilines is 2. The molecule has 0 saturated carbocycles. The Balaban J connectivity index is 1.90. The maximum atomic E-state index is 13.0. The third-order valence-electron chi connectivity index (χ3n) is 4.89.